The Balaban J connectivity index is 1.20. The molecule has 3 saturated heterocycles. The van der Waals surface area contributed by atoms with Crippen molar-refractivity contribution in [3.8, 4) is 0 Å². The van der Waals surface area contributed by atoms with Gasteiger partial charge >= 0.3 is 12.8 Å². The number of thiol groups is 2. The zero-order chi connectivity index (χ0) is 33.0. The first-order chi connectivity index (χ1) is 22.5. The number of ether oxygens (including phenoxy) is 5. The fourth-order valence-electron chi connectivity index (χ4n) is 5.84. The van der Waals surface area contributed by atoms with Gasteiger partial charge < -0.3 is 29.4 Å². The summed E-state index contributed by atoms with van der Waals surface area (Å²) in [7, 11) is 1.37. The van der Waals surface area contributed by atoms with Gasteiger partial charge in [0, 0.05) is 13.5 Å². The molecule has 3 fully saturated rings. The zero-order valence-corrected chi connectivity index (χ0v) is 27.0. The minimum atomic E-state index is -4.26. The molecule has 6 heterocycles. The van der Waals surface area contributed by atoms with Crippen molar-refractivity contribution in [3.05, 3.63) is 57.6 Å². The van der Waals surface area contributed by atoms with Crippen LogP contribution in [-0.4, -0.2) is 91.3 Å². The largest absolute Gasteiger partial charge is 0.457 e. The molecule has 7 rings (SSSR count). The van der Waals surface area contributed by atoms with E-state index in [9.17, 15) is 18.9 Å². The topological polar surface area (TPSA) is 223 Å². The number of carbonyl (C=O) groups is 1. The Morgan fingerprint density at radius 3 is 2.66 bits per heavy atom. The van der Waals surface area contributed by atoms with E-state index in [0.29, 0.717) is 10.9 Å². The lowest BCUT2D eigenvalue weighted by molar-refractivity contribution is -0.163. The van der Waals surface area contributed by atoms with Crippen molar-refractivity contribution in [2.24, 2.45) is 0 Å². The summed E-state index contributed by atoms with van der Waals surface area (Å²) in [5.41, 5.74) is 3.97. The Bertz CT molecular complexity index is 2010. The Kier molecular flexibility index (Phi) is 8.64. The summed E-state index contributed by atoms with van der Waals surface area (Å²) in [6.45, 7) is -4.95. The van der Waals surface area contributed by atoms with Crippen molar-refractivity contribution in [1.29, 1.82) is 0 Å². The number of imidazole rings is 1. The average Bonchev–Trinajstić information content (AvgIpc) is 3.73. The van der Waals surface area contributed by atoms with Crippen molar-refractivity contribution < 1.29 is 42.1 Å². The lowest BCUT2D eigenvalue weighted by atomic mass is 10.1. The molecule has 3 aliphatic heterocycles. The number of nitrogen functional groups attached to an aromatic ring is 1. The van der Waals surface area contributed by atoms with Crippen molar-refractivity contribution >= 4 is 65.7 Å². The number of rotatable bonds is 3. The molecular formula is C26H28N7O11PS2. The van der Waals surface area contributed by atoms with Crippen molar-refractivity contribution in [3.63, 3.8) is 0 Å². The standard InChI is InChI=1S/C26H28N7O11PS2/c1-38-18-15-7-39-25(46)24(36)43-13-6-16(32-9-28-12-5-3-2-4-11(12)22(32)35)41-14(13)8-40-45(37,47)44-19(18)23(42-15)33-10-29-17-20(33)30-26(27)31-21(17)34/h2-5,9-10,13-16,18-19,23,25,46H,6-8H2,1H3,(H,37,47)(H3,27,30,31,34)/t13-,14?,15+,16+,18?,19-,23+,25?,45?/m0/s1. The highest BCUT2D eigenvalue weighted by Crippen LogP contribution is 2.57. The van der Waals surface area contributed by atoms with E-state index in [1.165, 1.54) is 28.9 Å². The molecule has 9 atom stereocenters. The van der Waals surface area contributed by atoms with Gasteiger partial charge in [0.25, 0.3) is 11.1 Å². The smallest absolute Gasteiger partial charge is 0.386 e. The molecule has 250 valence electrons. The molecular weight excluding hydrogens is 681 g/mol. The van der Waals surface area contributed by atoms with E-state index in [4.69, 9.17) is 38.5 Å². The summed E-state index contributed by atoms with van der Waals surface area (Å²) < 4.78 is 57.4. The molecule has 0 amide bonds. The van der Waals surface area contributed by atoms with Gasteiger partial charge in [0.05, 0.1) is 30.4 Å². The number of anilines is 1. The molecule has 0 aliphatic carbocycles. The second-order valence-corrected chi connectivity index (χ2v) is 14.2. The van der Waals surface area contributed by atoms with E-state index < -0.39 is 73.3 Å². The number of carbonyl (C=O) groups excluding carboxylic acids is 1. The maximum absolute atomic E-state index is 13.7. The van der Waals surface area contributed by atoms with Crippen LogP contribution >= 0.6 is 31.7 Å². The van der Waals surface area contributed by atoms with Crippen LogP contribution in [0.5, 0.6) is 0 Å². The molecule has 0 spiro atoms. The molecule has 0 radical (unpaired) electrons. The first-order valence-corrected chi connectivity index (χ1v) is 17.4. The van der Waals surface area contributed by atoms with Crippen LogP contribution in [0.3, 0.4) is 0 Å². The number of esters is 1. The SMILES string of the molecule is COC1[C@H]2COC(S)C(=O)O[C@H]3C[C@H](n4cnc5ccccc5c4=O)OC3COP(=O)(S)O[C@@H]1[C@H](n1cnc3c(=O)[nH]c(N)nc31)O2. The quantitative estimate of drug-likeness (QED) is 0.132. The van der Waals surface area contributed by atoms with Crippen LogP contribution in [0.25, 0.3) is 22.1 Å². The number of hydrogen-bond donors (Lipinski definition) is 4. The fraction of sp³-hybridized carbons (Fsp3) is 0.462. The molecule has 2 bridgehead atoms. The minimum Gasteiger partial charge on any atom is -0.457 e. The van der Waals surface area contributed by atoms with Crippen LogP contribution in [0.15, 0.2) is 46.5 Å². The summed E-state index contributed by atoms with van der Waals surface area (Å²) in [4.78, 5) is 53.8. The van der Waals surface area contributed by atoms with Crippen LogP contribution in [-0.2, 0) is 42.1 Å². The van der Waals surface area contributed by atoms with Gasteiger partial charge in [0.15, 0.2) is 22.8 Å². The highest BCUT2D eigenvalue weighted by Gasteiger charge is 2.51. The minimum absolute atomic E-state index is 0.0308. The summed E-state index contributed by atoms with van der Waals surface area (Å²) in [6, 6.07) is 6.83. The number of hydrogen-bond acceptors (Lipinski definition) is 16. The molecule has 4 aromatic rings. The summed E-state index contributed by atoms with van der Waals surface area (Å²) in [5.74, 6) is -1.02. The number of nitrogens with two attached hydrogens (primary N) is 1. The second-order valence-electron chi connectivity index (χ2n) is 10.9. The monoisotopic (exact) mass is 709 g/mol. The Hall–Kier alpha value is -3.33. The third-order valence-corrected chi connectivity index (χ3v) is 9.98. The summed E-state index contributed by atoms with van der Waals surface area (Å²) in [5, 5.41) is 0.370. The number of benzene rings is 1. The average molecular weight is 710 g/mol. The second kappa shape index (κ2) is 12.6. The van der Waals surface area contributed by atoms with Gasteiger partial charge in [-0.05, 0) is 12.1 Å². The van der Waals surface area contributed by atoms with Crippen molar-refractivity contribution in [2.75, 3.05) is 26.1 Å². The van der Waals surface area contributed by atoms with Crippen LogP contribution in [0.1, 0.15) is 18.9 Å². The van der Waals surface area contributed by atoms with Gasteiger partial charge in [-0.25, -0.2) is 19.3 Å². The van der Waals surface area contributed by atoms with Crippen LogP contribution in [0.4, 0.5) is 5.95 Å². The number of nitrogens with one attached hydrogen (secondary N) is 1. The van der Waals surface area contributed by atoms with Crippen LogP contribution in [0.2, 0.25) is 0 Å². The number of aromatic amines is 1. The maximum Gasteiger partial charge on any atom is 0.386 e. The molecule has 3 N–H and O–H groups in total. The van der Waals surface area contributed by atoms with E-state index in [-0.39, 0.29) is 35.7 Å². The maximum atomic E-state index is 13.7. The normalized spacial score (nSPS) is 33.5. The van der Waals surface area contributed by atoms with Crippen LogP contribution < -0.4 is 16.9 Å². The van der Waals surface area contributed by atoms with Crippen molar-refractivity contribution in [2.45, 2.75) is 54.8 Å². The molecule has 47 heavy (non-hydrogen) atoms. The fourth-order valence-corrected chi connectivity index (χ4v) is 7.44. The van der Waals surface area contributed by atoms with E-state index >= 15 is 0 Å². The number of methoxy groups -OCH3 is 1. The van der Waals surface area contributed by atoms with E-state index in [2.05, 4.69) is 44.8 Å². The molecule has 3 aliphatic rings. The van der Waals surface area contributed by atoms with Gasteiger partial charge in [0.1, 0.15) is 43.1 Å². The van der Waals surface area contributed by atoms with Gasteiger partial charge in [-0.3, -0.25) is 32.8 Å². The number of nitrogens with zero attached hydrogens (tertiary/aromatic N) is 5. The number of aromatic nitrogens is 6. The third-order valence-electron chi connectivity index (χ3n) is 8.01. The zero-order valence-electron chi connectivity index (χ0n) is 24.4. The number of H-pyrrole nitrogens is 1. The Morgan fingerprint density at radius 2 is 1.85 bits per heavy atom. The molecule has 0 saturated carbocycles. The van der Waals surface area contributed by atoms with Crippen LogP contribution in [0, 0.1) is 0 Å². The molecule has 1 aromatic carbocycles. The van der Waals surface area contributed by atoms with Crippen molar-refractivity contribution in [1.82, 2.24) is 29.1 Å². The predicted molar refractivity (Wildman–Crippen MR) is 168 cm³/mol. The third kappa shape index (κ3) is 6.09. The first kappa shape index (κ1) is 32.2. The van der Waals surface area contributed by atoms with E-state index in [1.54, 1.807) is 24.3 Å². The first-order valence-electron chi connectivity index (χ1n) is 14.2. The summed E-state index contributed by atoms with van der Waals surface area (Å²) in [6.07, 6.45) is -4.49. The lowest BCUT2D eigenvalue weighted by Gasteiger charge is -2.28. The van der Waals surface area contributed by atoms with Gasteiger partial charge in [0.2, 0.25) is 5.95 Å². The number of fused-ring (bicyclic) bond motifs is 5. The van der Waals surface area contributed by atoms with E-state index in [1.807, 2.05) is 0 Å². The van der Waals surface area contributed by atoms with Gasteiger partial charge in [-0.1, -0.05) is 24.4 Å². The number of para-hydroxylation sites is 1. The Morgan fingerprint density at radius 1 is 1.06 bits per heavy atom. The molecule has 21 heteroatoms. The molecule has 18 nitrogen and oxygen atoms in total. The van der Waals surface area contributed by atoms with Gasteiger partial charge in [-0.15, -0.1) is 12.6 Å². The predicted octanol–water partition coefficient (Wildman–Crippen LogP) is 0.949. The highest BCUT2D eigenvalue weighted by molar-refractivity contribution is 8.44. The van der Waals surface area contributed by atoms with E-state index in [0.717, 1.165) is 0 Å². The molecule has 3 aromatic heterocycles. The Labute approximate surface area is 274 Å². The van der Waals surface area contributed by atoms with Gasteiger partial charge in [-0.2, -0.15) is 4.98 Å². The highest BCUT2D eigenvalue weighted by atomic mass is 32.7. The summed E-state index contributed by atoms with van der Waals surface area (Å²) >= 11 is 8.49. The molecule has 4 unspecified atom stereocenters. The lowest BCUT2D eigenvalue weighted by Crippen LogP contribution is -2.39.